The third-order valence-corrected chi connectivity index (χ3v) is 3.54. The molecule has 0 radical (unpaired) electrons. The highest BCUT2D eigenvalue weighted by molar-refractivity contribution is 5.44. The lowest BCUT2D eigenvalue weighted by molar-refractivity contribution is 0.331. The van der Waals surface area contributed by atoms with Gasteiger partial charge in [-0.3, -0.25) is 0 Å². The molecule has 2 atom stereocenters. The SMILES string of the molecule is CNC(c1ccccc1)C(C)c1nc(-c2ccco2)no1. The van der Waals surface area contributed by atoms with Crippen molar-refractivity contribution >= 4 is 0 Å². The number of nitrogens with zero attached hydrogens (tertiary/aromatic N) is 2. The number of hydrogen-bond acceptors (Lipinski definition) is 5. The van der Waals surface area contributed by atoms with Crippen LogP contribution in [-0.2, 0) is 0 Å². The van der Waals surface area contributed by atoms with Crippen molar-refractivity contribution in [3.8, 4) is 11.6 Å². The van der Waals surface area contributed by atoms with Crippen LogP contribution in [0.2, 0.25) is 0 Å². The first kappa shape index (κ1) is 13.6. The van der Waals surface area contributed by atoms with Crippen LogP contribution in [-0.4, -0.2) is 17.2 Å². The van der Waals surface area contributed by atoms with Gasteiger partial charge in [-0.1, -0.05) is 42.4 Å². The van der Waals surface area contributed by atoms with Crippen LogP contribution in [0.5, 0.6) is 0 Å². The Balaban J connectivity index is 1.86. The molecule has 0 aliphatic rings. The molecule has 1 N–H and O–H groups in total. The molecule has 0 amide bonds. The van der Waals surface area contributed by atoms with Gasteiger partial charge in [0.2, 0.25) is 11.7 Å². The van der Waals surface area contributed by atoms with Gasteiger partial charge in [-0.05, 0) is 24.7 Å². The van der Waals surface area contributed by atoms with Crippen LogP contribution in [0, 0.1) is 0 Å². The largest absolute Gasteiger partial charge is 0.461 e. The fourth-order valence-corrected chi connectivity index (χ4v) is 2.43. The third kappa shape index (κ3) is 2.73. The number of benzene rings is 1. The normalized spacial score (nSPS) is 14.0. The van der Waals surface area contributed by atoms with Crippen LogP contribution in [0.1, 0.15) is 30.3 Å². The van der Waals surface area contributed by atoms with Crippen LogP contribution < -0.4 is 5.32 Å². The maximum atomic E-state index is 5.39. The molecule has 108 valence electrons. The maximum absolute atomic E-state index is 5.39. The molecule has 5 nitrogen and oxygen atoms in total. The fraction of sp³-hybridized carbons (Fsp3) is 0.250. The Labute approximate surface area is 123 Å². The molecule has 2 aromatic heterocycles. The van der Waals surface area contributed by atoms with Crippen LogP contribution in [0.4, 0.5) is 0 Å². The van der Waals surface area contributed by atoms with E-state index in [0.29, 0.717) is 17.5 Å². The molecular formula is C16H17N3O2. The molecule has 0 fully saturated rings. The van der Waals surface area contributed by atoms with Crippen molar-refractivity contribution in [1.29, 1.82) is 0 Å². The second kappa shape index (κ2) is 5.93. The monoisotopic (exact) mass is 283 g/mol. The highest BCUT2D eigenvalue weighted by Gasteiger charge is 2.25. The summed E-state index contributed by atoms with van der Waals surface area (Å²) in [5.41, 5.74) is 1.19. The van der Waals surface area contributed by atoms with Gasteiger partial charge < -0.3 is 14.3 Å². The number of aromatic nitrogens is 2. The molecule has 2 heterocycles. The van der Waals surface area contributed by atoms with Gasteiger partial charge in [-0.2, -0.15) is 4.98 Å². The van der Waals surface area contributed by atoms with E-state index in [1.165, 1.54) is 5.56 Å². The molecule has 3 aromatic rings. The van der Waals surface area contributed by atoms with E-state index in [2.05, 4.69) is 34.5 Å². The Bertz CT molecular complexity index is 677. The quantitative estimate of drug-likeness (QED) is 0.777. The molecule has 0 bridgehead atoms. The Morgan fingerprint density at radius 3 is 2.57 bits per heavy atom. The maximum Gasteiger partial charge on any atom is 0.238 e. The first-order valence-electron chi connectivity index (χ1n) is 6.89. The minimum absolute atomic E-state index is 0.0496. The Morgan fingerprint density at radius 2 is 1.90 bits per heavy atom. The fourth-order valence-electron chi connectivity index (χ4n) is 2.43. The summed E-state index contributed by atoms with van der Waals surface area (Å²) in [7, 11) is 1.93. The van der Waals surface area contributed by atoms with Gasteiger partial charge in [0.1, 0.15) is 0 Å². The average Bonchev–Trinajstić information content (AvgIpc) is 3.20. The Kier molecular flexibility index (Phi) is 3.83. The van der Waals surface area contributed by atoms with Crippen LogP contribution in [0.3, 0.4) is 0 Å². The molecule has 1 aromatic carbocycles. The summed E-state index contributed by atoms with van der Waals surface area (Å²) in [6, 6.07) is 13.9. The van der Waals surface area contributed by atoms with Crippen molar-refractivity contribution < 1.29 is 8.94 Å². The van der Waals surface area contributed by atoms with Crippen molar-refractivity contribution in [2.45, 2.75) is 18.9 Å². The molecule has 0 saturated heterocycles. The van der Waals surface area contributed by atoms with Gasteiger partial charge in [0, 0.05) is 6.04 Å². The van der Waals surface area contributed by atoms with E-state index in [1.807, 2.05) is 31.3 Å². The standard InChI is InChI=1S/C16H17N3O2/c1-11(14(17-2)12-7-4-3-5-8-12)16-18-15(19-21-16)13-9-6-10-20-13/h3-11,14,17H,1-2H3. The van der Waals surface area contributed by atoms with Gasteiger partial charge in [-0.15, -0.1) is 0 Å². The Morgan fingerprint density at radius 1 is 1.10 bits per heavy atom. The zero-order valence-corrected chi connectivity index (χ0v) is 12.0. The number of furan rings is 1. The van der Waals surface area contributed by atoms with Crippen molar-refractivity contribution in [3.63, 3.8) is 0 Å². The Hall–Kier alpha value is -2.40. The average molecular weight is 283 g/mol. The number of rotatable bonds is 5. The molecule has 21 heavy (non-hydrogen) atoms. The van der Waals surface area contributed by atoms with Gasteiger partial charge in [0.05, 0.1) is 12.2 Å². The van der Waals surface area contributed by atoms with E-state index in [4.69, 9.17) is 8.94 Å². The van der Waals surface area contributed by atoms with E-state index < -0.39 is 0 Å². The second-order valence-electron chi connectivity index (χ2n) is 4.90. The predicted molar refractivity (Wildman–Crippen MR) is 78.7 cm³/mol. The zero-order valence-electron chi connectivity index (χ0n) is 12.0. The van der Waals surface area contributed by atoms with Gasteiger partial charge in [0.15, 0.2) is 5.76 Å². The van der Waals surface area contributed by atoms with Crippen LogP contribution in [0.25, 0.3) is 11.6 Å². The van der Waals surface area contributed by atoms with Crippen molar-refractivity contribution in [3.05, 3.63) is 60.2 Å². The van der Waals surface area contributed by atoms with Gasteiger partial charge in [0.25, 0.3) is 0 Å². The molecule has 0 aliphatic heterocycles. The molecule has 5 heteroatoms. The molecule has 0 saturated carbocycles. The number of nitrogens with one attached hydrogen (secondary N) is 1. The lowest BCUT2D eigenvalue weighted by atomic mass is 9.94. The number of likely N-dealkylation sites (N-methyl/N-ethyl adjacent to an activating group) is 1. The molecule has 3 rings (SSSR count). The zero-order chi connectivity index (χ0) is 14.7. The van der Waals surface area contributed by atoms with E-state index >= 15 is 0 Å². The lowest BCUT2D eigenvalue weighted by Gasteiger charge is -2.21. The molecule has 0 aliphatic carbocycles. The van der Waals surface area contributed by atoms with Crippen molar-refractivity contribution in [2.75, 3.05) is 7.05 Å². The summed E-state index contributed by atoms with van der Waals surface area (Å²) in [5.74, 6) is 1.72. The molecular weight excluding hydrogens is 266 g/mol. The van der Waals surface area contributed by atoms with Gasteiger partial charge >= 0.3 is 0 Å². The minimum atomic E-state index is 0.0496. The topological polar surface area (TPSA) is 64.1 Å². The van der Waals surface area contributed by atoms with Crippen molar-refractivity contribution in [2.24, 2.45) is 0 Å². The van der Waals surface area contributed by atoms with E-state index in [1.54, 1.807) is 12.3 Å². The van der Waals surface area contributed by atoms with Crippen LogP contribution >= 0.6 is 0 Å². The molecule has 0 spiro atoms. The van der Waals surface area contributed by atoms with E-state index in [-0.39, 0.29) is 12.0 Å². The van der Waals surface area contributed by atoms with E-state index in [0.717, 1.165) is 0 Å². The van der Waals surface area contributed by atoms with Crippen LogP contribution in [0.15, 0.2) is 57.7 Å². The summed E-state index contributed by atoms with van der Waals surface area (Å²) in [4.78, 5) is 4.44. The van der Waals surface area contributed by atoms with Gasteiger partial charge in [-0.25, -0.2) is 0 Å². The number of hydrogen-bond donors (Lipinski definition) is 1. The lowest BCUT2D eigenvalue weighted by Crippen LogP contribution is -2.22. The summed E-state index contributed by atoms with van der Waals surface area (Å²) in [6.45, 7) is 2.06. The summed E-state index contributed by atoms with van der Waals surface area (Å²) in [6.07, 6.45) is 1.59. The summed E-state index contributed by atoms with van der Waals surface area (Å²) >= 11 is 0. The second-order valence-corrected chi connectivity index (χ2v) is 4.90. The summed E-state index contributed by atoms with van der Waals surface area (Å²) < 4.78 is 10.7. The summed E-state index contributed by atoms with van der Waals surface area (Å²) in [5, 5.41) is 7.29. The minimum Gasteiger partial charge on any atom is -0.461 e. The molecule has 2 unspecified atom stereocenters. The first-order chi connectivity index (χ1) is 10.3. The predicted octanol–water partition coefficient (Wildman–Crippen LogP) is 3.39. The smallest absolute Gasteiger partial charge is 0.238 e. The highest BCUT2D eigenvalue weighted by atomic mass is 16.5. The highest BCUT2D eigenvalue weighted by Crippen LogP contribution is 2.30. The first-order valence-corrected chi connectivity index (χ1v) is 6.89. The van der Waals surface area contributed by atoms with E-state index in [9.17, 15) is 0 Å². The van der Waals surface area contributed by atoms with Crippen molar-refractivity contribution in [1.82, 2.24) is 15.5 Å². The third-order valence-electron chi connectivity index (χ3n) is 3.54.